The summed E-state index contributed by atoms with van der Waals surface area (Å²) in [4.78, 5) is 30.3. The highest BCUT2D eigenvalue weighted by Gasteiger charge is 2.50. The second-order valence-electron chi connectivity index (χ2n) is 10.9. The number of nitrogens with one attached hydrogen (secondary N) is 1. The first-order valence-electron chi connectivity index (χ1n) is 13.6. The molecule has 1 saturated heterocycles. The Kier molecular flexibility index (Phi) is 6.12. The molecule has 0 spiro atoms. The van der Waals surface area contributed by atoms with Crippen molar-refractivity contribution in [1.29, 1.82) is 0 Å². The molecule has 1 aromatic carbocycles. The van der Waals surface area contributed by atoms with Gasteiger partial charge in [-0.1, -0.05) is 43.9 Å². The van der Waals surface area contributed by atoms with Gasteiger partial charge in [-0.2, -0.15) is 0 Å². The summed E-state index contributed by atoms with van der Waals surface area (Å²) in [7, 11) is 0. The molecule has 2 amide bonds. The van der Waals surface area contributed by atoms with Gasteiger partial charge in [0.25, 0.3) is 5.91 Å². The second-order valence-corrected chi connectivity index (χ2v) is 10.9. The van der Waals surface area contributed by atoms with Crippen molar-refractivity contribution in [3.05, 3.63) is 54.5 Å². The fraction of sp³-hybridized carbons (Fsp3) is 0.517. The van der Waals surface area contributed by atoms with Gasteiger partial charge in [0.05, 0.1) is 23.9 Å². The number of amides is 2. The summed E-state index contributed by atoms with van der Waals surface area (Å²) in [6.07, 6.45) is 12.6. The third-order valence-electron chi connectivity index (χ3n) is 8.41. The van der Waals surface area contributed by atoms with Crippen molar-refractivity contribution >= 4 is 22.7 Å². The third-order valence-corrected chi connectivity index (χ3v) is 8.41. The topological polar surface area (TPSA) is 68.5 Å². The lowest BCUT2D eigenvalue weighted by molar-refractivity contribution is -0.134. The molecule has 3 aromatic rings. The molecule has 0 unspecified atom stereocenters. The molecular formula is C29H36N4O3. The van der Waals surface area contributed by atoms with E-state index in [-0.39, 0.29) is 24.0 Å². The van der Waals surface area contributed by atoms with E-state index in [4.69, 9.17) is 4.74 Å². The average Bonchev–Trinajstić information content (AvgIpc) is 3.61. The first kappa shape index (κ1) is 23.3. The van der Waals surface area contributed by atoms with Gasteiger partial charge < -0.3 is 24.1 Å². The summed E-state index contributed by atoms with van der Waals surface area (Å²) in [6.45, 7) is 3.51. The van der Waals surface area contributed by atoms with E-state index in [0.29, 0.717) is 25.4 Å². The van der Waals surface area contributed by atoms with Crippen molar-refractivity contribution < 1.29 is 14.3 Å². The molecule has 0 radical (unpaired) electrons. The molecule has 1 N–H and O–H groups in total. The Morgan fingerprint density at radius 1 is 1.03 bits per heavy atom. The van der Waals surface area contributed by atoms with Gasteiger partial charge >= 0.3 is 0 Å². The summed E-state index contributed by atoms with van der Waals surface area (Å²) in [5.41, 5.74) is 1.50. The molecule has 4 heterocycles. The van der Waals surface area contributed by atoms with Crippen molar-refractivity contribution in [2.75, 3.05) is 13.2 Å². The number of hydrogen-bond donors (Lipinski definition) is 1. The van der Waals surface area contributed by atoms with Crippen LogP contribution in [0.15, 0.2) is 48.8 Å². The highest BCUT2D eigenvalue weighted by atomic mass is 16.5. The average molecular weight is 489 g/mol. The minimum atomic E-state index is -1.00. The number of hydrogen-bond acceptors (Lipinski definition) is 3. The summed E-state index contributed by atoms with van der Waals surface area (Å²) in [5.74, 6) is -0.151. The lowest BCUT2D eigenvalue weighted by atomic mass is 9.92. The largest absolute Gasteiger partial charge is 0.376 e. The Labute approximate surface area is 212 Å². The highest BCUT2D eigenvalue weighted by molar-refractivity contribution is 6.09. The van der Waals surface area contributed by atoms with E-state index in [1.807, 2.05) is 53.0 Å². The number of aromatic nitrogens is 2. The summed E-state index contributed by atoms with van der Waals surface area (Å²) >= 11 is 0. The van der Waals surface area contributed by atoms with Gasteiger partial charge in [0, 0.05) is 37.0 Å². The Hall–Kier alpha value is -3.06. The zero-order valence-electron chi connectivity index (χ0n) is 21.1. The third kappa shape index (κ3) is 3.94. The van der Waals surface area contributed by atoms with Gasteiger partial charge in [-0.25, -0.2) is 0 Å². The number of para-hydroxylation sites is 1. The van der Waals surface area contributed by atoms with E-state index in [9.17, 15) is 9.59 Å². The Morgan fingerprint density at radius 2 is 1.78 bits per heavy atom. The number of rotatable bonds is 5. The van der Waals surface area contributed by atoms with E-state index >= 15 is 0 Å². The molecular weight excluding hydrogens is 452 g/mol. The van der Waals surface area contributed by atoms with Gasteiger partial charge in [-0.05, 0) is 50.8 Å². The van der Waals surface area contributed by atoms with E-state index in [2.05, 4.69) is 22.0 Å². The summed E-state index contributed by atoms with van der Waals surface area (Å²) < 4.78 is 10.0. The number of nitrogens with zero attached hydrogens (tertiary/aromatic N) is 3. The first-order valence-corrected chi connectivity index (χ1v) is 13.6. The fourth-order valence-electron chi connectivity index (χ4n) is 6.39. The number of ether oxygens (including phenoxy) is 1. The van der Waals surface area contributed by atoms with Crippen molar-refractivity contribution in [3.8, 4) is 5.69 Å². The van der Waals surface area contributed by atoms with Crippen LogP contribution in [-0.4, -0.2) is 56.7 Å². The SMILES string of the molecule is C[C@@]1(C(=O)NC2CCCCCC2)Cn2c(c(-n3cccc3)c3ccccc32)C(=O)N1C[C@@H]1CCCO1. The summed E-state index contributed by atoms with van der Waals surface area (Å²) in [6, 6.07) is 12.3. The van der Waals surface area contributed by atoms with Gasteiger partial charge in [0.1, 0.15) is 11.2 Å². The van der Waals surface area contributed by atoms with Crippen molar-refractivity contribution in [3.63, 3.8) is 0 Å². The normalized spacial score (nSPS) is 25.2. The molecule has 3 aliphatic rings. The van der Waals surface area contributed by atoms with Crippen molar-refractivity contribution in [1.82, 2.24) is 19.4 Å². The maximum atomic E-state index is 14.4. The van der Waals surface area contributed by atoms with Crippen LogP contribution in [0.4, 0.5) is 0 Å². The Morgan fingerprint density at radius 3 is 2.50 bits per heavy atom. The highest BCUT2D eigenvalue weighted by Crippen LogP contribution is 2.38. The van der Waals surface area contributed by atoms with E-state index in [1.165, 1.54) is 12.8 Å². The monoisotopic (exact) mass is 488 g/mol. The zero-order chi connectivity index (χ0) is 24.7. The molecule has 0 bridgehead atoms. The molecule has 6 rings (SSSR count). The van der Waals surface area contributed by atoms with Gasteiger partial charge in [0.2, 0.25) is 5.91 Å². The predicted octanol–water partition coefficient (Wildman–Crippen LogP) is 4.66. The number of fused-ring (bicyclic) bond motifs is 3. The number of benzene rings is 1. The lowest BCUT2D eigenvalue weighted by Gasteiger charge is -2.45. The van der Waals surface area contributed by atoms with E-state index < -0.39 is 5.54 Å². The van der Waals surface area contributed by atoms with Crippen LogP contribution in [0.3, 0.4) is 0 Å². The smallest absolute Gasteiger partial charge is 0.273 e. The number of carbonyl (C=O) groups is 2. The first-order chi connectivity index (χ1) is 17.6. The van der Waals surface area contributed by atoms with Gasteiger partial charge in [-0.15, -0.1) is 0 Å². The van der Waals surface area contributed by atoms with Crippen LogP contribution in [0.25, 0.3) is 16.6 Å². The molecule has 1 aliphatic carbocycles. The molecule has 2 atom stereocenters. The van der Waals surface area contributed by atoms with Crippen LogP contribution in [0.2, 0.25) is 0 Å². The maximum Gasteiger partial charge on any atom is 0.273 e. The molecule has 1 saturated carbocycles. The maximum absolute atomic E-state index is 14.4. The quantitative estimate of drug-likeness (QED) is 0.531. The van der Waals surface area contributed by atoms with Gasteiger partial charge in [0.15, 0.2) is 0 Å². The second kappa shape index (κ2) is 9.43. The van der Waals surface area contributed by atoms with Crippen LogP contribution in [0.1, 0.15) is 68.8 Å². The van der Waals surface area contributed by atoms with Gasteiger partial charge in [-0.3, -0.25) is 9.59 Å². The minimum Gasteiger partial charge on any atom is -0.376 e. The van der Waals surface area contributed by atoms with Crippen LogP contribution in [-0.2, 0) is 16.1 Å². The van der Waals surface area contributed by atoms with E-state index in [1.54, 1.807) is 0 Å². The number of carbonyl (C=O) groups excluding carboxylic acids is 2. The lowest BCUT2D eigenvalue weighted by Crippen LogP contribution is -2.66. The van der Waals surface area contributed by atoms with Crippen LogP contribution < -0.4 is 5.32 Å². The molecule has 36 heavy (non-hydrogen) atoms. The standard InChI is InChI=1S/C29H36N4O3/c1-29(28(35)30-21-11-4-2-3-5-12-21)20-32-24-15-7-6-14-23(24)25(31-16-8-9-17-31)26(32)27(34)33(29)19-22-13-10-18-36-22/h6-9,14-17,21-22H,2-5,10-13,18-20H2,1H3,(H,30,35)/t22-,29-/m0/s1. The zero-order valence-corrected chi connectivity index (χ0v) is 21.1. The fourth-order valence-corrected chi connectivity index (χ4v) is 6.39. The Balaban J connectivity index is 1.45. The molecule has 2 fully saturated rings. The Bertz CT molecular complexity index is 1250. The van der Waals surface area contributed by atoms with Crippen LogP contribution in [0.5, 0.6) is 0 Å². The molecule has 2 aromatic heterocycles. The van der Waals surface area contributed by atoms with Crippen molar-refractivity contribution in [2.45, 2.75) is 82.5 Å². The summed E-state index contributed by atoms with van der Waals surface area (Å²) in [5, 5.41) is 4.38. The van der Waals surface area contributed by atoms with Crippen molar-refractivity contribution in [2.24, 2.45) is 0 Å². The van der Waals surface area contributed by atoms with Crippen LogP contribution in [0, 0.1) is 0 Å². The molecule has 7 nitrogen and oxygen atoms in total. The molecule has 2 aliphatic heterocycles. The molecule has 190 valence electrons. The van der Waals surface area contributed by atoms with E-state index in [0.717, 1.165) is 55.1 Å². The van der Waals surface area contributed by atoms with Crippen LogP contribution >= 0.6 is 0 Å². The minimum absolute atomic E-state index is 0.0371. The molecule has 7 heteroatoms. The predicted molar refractivity (Wildman–Crippen MR) is 139 cm³/mol.